The molecule has 0 aromatic heterocycles. The van der Waals surface area contributed by atoms with Gasteiger partial charge in [0.2, 0.25) is 0 Å². The zero-order valence-electron chi connectivity index (χ0n) is 18.2. The molecule has 1 saturated heterocycles. The SMILES string of the molecule is Cc1ccc(C(=O)N2CCN(c3ccc(NC(=O)c4ccccc4[N+](=O)[O-])cc3)CC2)cc1. The first kappa shape index (κ1) is 22.0. The van der Waals surface area contributed by atoms with Gasteiger partial charge in [0.15, 0.2) is 0 Å². The van der Waals surface area contributed by atoms with E-state index in [4.69, 9.17) is 0 Å². The van der Waals surface area contributed by atoms with Crippen molar-refractivity contribution in [2.24, 2.45) is 0 Å². The van der Waals surface area contributed by atoms with Crippen LogP contribution in [-0.2, 0) is 0 Å². The van der Waals surface area contributed by atoms with Crippen LogP contribution >= 0.6 is 0 Å². The summed E-state index contributed by atoms with van der Waals surface area (Å²) >= 11 is 0. The van der Waals surface area contributed by atoms with Gasteiger partial charge in [0.1, 0.15) is 5.56 Å². The maximum absolute atomic E-state index is 12.7. The maximum Gasteiger partial charge on any atom is 0.282 e. The van der Waals surface area contributed by atoms with Gasteiger partial charge in [0, 0.05) is 49.2 Å². The minimum atomic E-state index is -0.568. The Kier molecular flexibility index (Phi) is 6.35. The highest BCUT2D eigenvalue weighted by molar-refractivity contribution is 6.07. The van der Waals surface area contributed by atoms with Crippen LogP contribution in [0.5, 0.6) is 0 Å². The number of nitro benzene ring substituents is 1. The average molecular weight is 444 g/mol. The van der Waals surface area contributed by atoms with Crippen molar-refractivity contribution in [3.8, 4) is 0 Å². The molecule has 1 heterocycles. The van der Waals surface area contributed by atoms with E-state index in [0.717, 1.165) is 11.3 Å². The molecule has 4 rings (SSSR count). The predicted octanol–water partition coefficient (Wildman–Crippen LogP) is 4.12. The molecule has 0 saturated carbocycles. The van der Waals surface area contributed by atoms with E-state index in [-0.39, 0.29) is 17.2 Å². The Hall–Kier alpha value is -4.20. The van der Waals surface area contributed by atoms with Crippen molar-refractivity contribution in [3.63, 3.8) is 0 Å². The van der Waals surface area contributed by atoms with Crippen LogP contribution in [-0.4, -0.2) is 47.8 Å². The quantitative estimate of drug-likeness (QED) is 0.472. The summed E-state index contributed by atoms with van der Waals surface area (Å²) in [5, 5.41) is 13.9. The van der Waals surface area contributed by atoms with E-state index in [0.29, 0.717) is 37.4 Å². The zero-order valence-corrected chi connectivity index (χ0v) is 18.2. The molecule has 0 bridgehead atoms. The Morgan fingerprint density at radius 1 is 0.879 bits per heavy atom. The number of carbonyl (C=O) groups is 2. The van der Waals surface area contributed by atoms with E-state index in [1.807, 2.05) is 48.2 Å². The molecule has 8 heteroatoms. The molecule has 33 heavy (non-hydrogen) atoms. The Morgan fingerprint density at radius 2 is 1.52 bits per heavy atom. The van der Waals surface area contributed by atoms with Crippen LogP contribution in [0.4, 0.5) is 17.1 Å². The van der Waals surface area contributed by atoms with Gasteiger partial charge in [-0.15, -0.1) is 0 Å². The number of anilines is 2. The van der Waals surface area contributed by atoms with Crippen LogP contribution in [0, 0.1) is 17.0 Å². The van der Waals surface area contributed by atoms with E-state index in [2.05, 4.69) is 10.2 Å². The van der Waals surface area contributed by atoms with Gasteiger partial charge in [-0.05, 0) is 49.4 Å². The summed E-state index contributed by atoms with van der Waals surface area (Å²) in [6, 6.07) is 20.8. The smallest absolute Gasteiger partial charge is 0.282 e. The summed E-state index contributed by atoms with van der Waals surface area (Å²) < 4.78 is 0. The number of aryl methyl sites for hydroxylation is 1. The molecular weight excluding hydrogens is 420 g/mol. The number of nitro groups is 1. The van der Waals surface area contributed by atoms with Gasteiger partial charge in [-0.1, -0.05) is 29.8 Å². The Labute approximate surface area is 191 Å². The van der Waals surface area contributed by atoms with Crippen LogP contribution < -0.4 is 10.2 Å². The van der Waals surface area contributed by atoms with Crippen molar-refractivity contribution in [2.45, 2.75) is 6.92 Å². The summed E-state index contributed by atoms with van der Waals surface area (Å²) in [7, 11) is 0. The molecule has 0 radical (unpaired) electrons. The lowest BCUT2D eigenvalue weighted by Crippen LogP contribution is -2.48. The van der Waals surface area contributed by atoms with Crippen molar-refractivity contribution in [3.05, 3.63) is 99.6 Å². The third-order valence-electron chi connectivity index (χ3n) is 5.70. The molecular formula is C25H24N4O4. The van der Waals surface area contributed by atoms with Crippen LogP contribution in [0.1, 0.15) is 26.3 Å². The van der Waals surface area contributed by atoms with Gasteiger partial charge in [-0.3, -0.25) is 19.7 Å². The molecule has 3 aromatic carbocycles. The first-order valence-corrected chi connectivity index (χ1v) is 10.7. The van der Waals surface area contributed by atoms with E-state index in [9.17, 15) is 19.7 Å². The molecule has 8 nitrogen and oxygen atoms in total. The van der Waals surface area contributed by atoms with E-state index >= 15 is 0 Å². The van der Waals surface area contributed by atoms with Crippen molar-refractivity contribution in [2.75, 3.05) is 36.4 Å². The number of amides is 2. The number of benzene rings is 3. The Morgan fingerprint density at radius 3 is 2.15 bits per heavy atom. The normalized spacial score (nSPS) is 13.5. The lowest BCUT2D eigenvalue weighted by Gasteiger charge is -2.36. The molecule has 2 amide bonds. The van der Waals surface area contributed by atoms with Crippen LogP contribution in [0.3, 0.4) is 0 Å². The molecule has 1 fully saturated rings. The van der Waals surface area contributed by atoms with Gasteiger partial charge in [-0.2, -0.15) is 0 Å². The summed E-state index contributed by atoms with van der Waals surface area (Å²) in [5.74, 6) is -0.485. The predicted molar refractivity (Wildman–Crippen MR) is 127 cm³/mol. The van der Waals surface area contributed by atoms with E-state index in [1.165, 1.54) is 18.2 Å². The van der Waals surface area contributed by atoms with Crippen LogP contribution in [0.2, 0.25) is 0 Å². The standard InChI is InChI=1S/C25H24N4O4/c1-18-6-8-19(9-7-18)25(31)28-16-14-27(15-17-28)21-12-10-20(11-13-21)26-24(30)22-4-2-3-5-23(22)29(32)33/h2-13H,14-17H2,1H3,(H,26,30). The molecule has 3 aromatic rings. The van der Waals surface area contributed by atoms with Gasteiger partial charge in [0.25, 0.3) is 17.5 Å². The van der Waals surface area contributed by atoms with Gasteiger partial charge in [0.05, 0.1) is 4.92 Å². The third kappa shape index (κ3) is 5.01. The van der Waals surface area contributed by atoms with Crippen molar-refractivity contribution >= 4 is 28.9 Å². The molecule has 1 N–H and O–H groups in total. The van der Waals surface area contributed by atoms with Crippen LogP contribution in [0.25, 0.3) is 0 Å². The Bertz CT molecular complexity index is 1170. The monoisotopic (exact) mass is 444 g/mol. The number of nitrogens with one attached hydrogen (secondary N) is 1. The maximum atomic E-state index is 12.7. The summed E-state index contributed by atoms with van der Waals surface area (Å²) in [5.41, 5.74) is 3.15. The number of hydrogen-bond acceptors (Lipinski definition) is 5. The largest absolute Gasteiger partial charge is 0.368 e. The zero-order chi connectivity index (χ0) is 23.4. The second kappa shape index (κ2) is 9.52. The van der Waals surface area contributed by atoms with Gasteiger partial charge < -0.3 is 15.1 Å². The highest BCUT2D eigenvalue weighted by Gasteiger charge is 2.23. The molecule has 168 valence electrons. The molecule has 1 aliphatic rings. The van der Waals surface area contributed by atoms with Gasteiger partial charge >= 0.3 is 0 Å². The number of rotatable bonds is 5. The summed E-state index contributed by atoms with van der Waals surface area (Å²) in [4.78, 5) is 39.8. The van der Waals surface area contributed by atoms with Crippen LogP contribution in [0.15, 0.2) is 72.8 Å². The topological polar surface area (TPSA) is 95.8 Å². The number of carbonyl (C=O) groups excluding carboxylic acids is 2. The second-order valence-electron chi connectivity index (χ2n) is 7.92. The third-order valence-corrected chi connectivity index (χ3v) is 5.70. The van der Waals surface area contributed by atoms with E-state index < -0.39 is 10.8 Å². The highest BCUT2D eigenvalue weighted by atomic mass is 16.6. The van der Waals surface area contributed by atoms with Crippen molar-refractivity contribution in [1.29, 1.82) is 0 Å². The summed E-state index contributed by atoms with van der Waals surface area (Å²) in [6.07, 6.45) is 0. The van der Waals surface area contributed by atoms with Gasteiger partial charge in [-0.25, -0.2) is 0 Å². The fourth-order valence-corrected chi connectivity index (χ4v) is 3.83. The number of piperazine rings is 1. The fraction of sp³-hybridized carbons (Fsp3) is 0.200. The minimum Gasteiger partial charge on any atom is -0.368 e. The number of hydrogen-bond donors (Lipinski definition) is 1. The van der Waals surface area contributed by atoms with E-state index in [1.54, 1.807) is 18.2 Å². The summed E-state index contributed by atoms with van der Waals surface area (Å²) in [6.45, 7) is 4.67. The molecule has 0 aliphatic carbocycles. The van der Waals surface area contributed by atoms with Crippen molar-refractivity contribution < 1.29 is 14.5 Å². The fourth-order valence-electron chi connectivity index (χ4n) is 3.83. The minimum absolute atomic E-state index is 0.0148. The van der Waals surface area contributed by atoms with Crippen molar-refractivity contribution in [1.82, 2.24) is 4.90 Å². The number of para-hydroxylation sites is 1. The second-order valence-corrected chi connectivity index (χ2v) is 7.92. The molecule has 1 aliphatic heterocycles. The molecule has 0 unspecified atom stereocenters. The lowest BCUT2D eigenvalue weighted by atomic mass is 10.1. The first-order valence-electron chi connectivity index (χ1n) is 10.7. The Balaban J connectivity index is 1.35. The molecule has 0 atom stereocenters. The lowest BCUT2D eigenvalue weighted by molar-refractivity contribution is -0.385. The number of nitrogens with zero attached hydrogens (tertiary/aromatic N) is 3. The molecule has 0 spiro atoms. The average Bonchev–Trinajstić information content (AvgIpc) is 2.84. The first-order chi connectivity index (χ1) is 15.9. The highest BCUT2D eigenvalue weighted by Crippen LogP contribution is 2.23.